The molecular formula is C11H7BrCl2N2O. The van der Waals surface area contributed by atoms with Gasteiger partial charge in [0, 0.05) is 6.20 Å². The molecule has 2 rings (SSSR count). The summed E-state index contributed by atoms with van der Waals surface area (Å²) in [5, 5.41) is 0.968. The largest absolute Gasteiger partial charge is 0.294 e. The van der Waals surface area contributed by atoms with Gasteiger partial charge >= 0.3 is 0 Å². The minimum atomic E-state index is -0.133. The van der Waals surface area contributed by atoms with Crippen LogP contribution in [0.4, 0.5) is 0 Å². The van der Waals surface area contributed by atoms with Crippen molar-refractivity contribution < 1.29 is 0 Å². The molecule has 0 aliphatic rings. The molecule has 1 aromatic heterocycles. The molecule has 0 amide bonds. The van der Waals surface area contributed by atoms with Crippen molar-refractivity contribution in [3.8, 4) is 0 Å². The van der Waals surface area contributed by atoms with Crippen LogP contribution in [0.2, 0.25) is 10.0 Å². The predicted octanol–water partition coefficient (Wildman–Crippen LogP) is 3.36. The first-order chi connectivity index (χ1) is 8.08. The minimum Gasteiger partial charge on any atom is -0.294 e. The van der Waals surface area contributed by atoms with Gasteiger partial charge in [0.15, 0.2) is 0 Å². The van der Waals surface area contributed by atoms with Crippen LogP contribution in [0.25, 0.3) is 0 Å². The van der Waals surface area contributed by atoms with Gasteiger partial charge < -0.3 is 0 Å². The first kappa shape index (κ1) is 12.6. The highest BCUT2D eigenvalue weighted by Crippen LogP contribution is 2.22. The molecule has 0 saturated heterocycles. The van der Waals surface area contributed by atoms with Crippen LogP contribution >= 0.6 is 39.1 Å². The third-order valence-electron chi connectivity index (χ3n) is 2.20. The quantitative estimate of drug-likeness (QED) is 0.844. The number of benzene rings is 1. The van der Waals surface area contributed by atoms with Gasteiger partial charge in [-0.3, -0.25) is 9.36 Å². The van der Waals surface area contributed by atoms with Crippen LogP contribution in [0.1, 0.15) is 5.56 Å². The number of nitrogens with zero attached hydrogens (tertiary/aromatic N) is 2. The summed E-state index contributed by atoms with van der Waals surface area (Å²) < 4.78 is 1.92. The second-order valence-electron chi connectivity index (χ2n) is 3.42. The smallest absolute Gasteiger partial charge is 0.267 e. The van der Waals surface area contributed by atoms with Crippen LogP contribution < -0.4 is 5.56 Å². The molecule has 0 atom stereocenters. The lowest BCUT2D eigenvalue weighted by Crippen LogP contribution is -2.21. The minimum absolute atomic E-state index is 0.133. The Bertz CT molecular complexity index is 613. The van der Waals surface area contributed by atoms with Crippen molar-refractivity contribution in [3.63, 3.8) is 0 Å². The average Bonchev–Trinajstić information content (AvgIpc) is 2.30. The van der Waals surface area contributed by atoms with E-state index in [2.05, 4.69) is 20.9 Å². The third kappa shape index (κ3) is 2.89. The lowest BCUT2D eigenvalue weighted by molar-refractivity contribution is 0.731. The molecule has 88 valence electrons. The summed E-state index contributed by atoms with van der Waals surface area (Å²) in [7, 11) is 0. The molecular weight excluding hydrogens is 327 g/mol. The van der Waals surface area contributed by atoms with Crippen LogP contribution in [0.3, 0.4) is 0 Å². The molecule has 6 heteroatoms. The Morgan fingerprint density at radius 3 is 2.76 bits per heavy atom. The normalized spacial score (nSPS) is 10.5. The summed E-state index contributed by atoms with van der Waals surface area (Å²) in [6.45, 7) is 0.405. The lowest BCUT2D eigenvalue weighted by atomic mass is 10.2. The van der Waals surface area contributed by atoms with E-state index in [4.69, 9.17) is 23.2 Å². The second kappa shape index (κ2) is 5.21. The standard InChI is InChI=1S/C11H7BrCl2N2O/c12-8-4-15-6-16(11(8)17)5-7-1-2-9(13)10(14)3-7/h1-4,6H,5H2. The summed E-state index contributed by atoms with van der Waals surface area (Å²) in [6.07, 6.45) is 2.95. The zero-order valence-electron chi connectivity index (χ0n) is 8.53. The van der Waals surface area contributed by atoms with Crippen molar-refractivity contribution in [2.45, 2.75) is 6.54 Å². The molecule has 3 nitrogen and oxygen atoms in total. The molecule has 0 bridgehead atoms. The van der Waals surface area contributed by atoms with Gasteiger partial charge in [-0.25, -0.2) is 4.98 Å². The molecule has 17 heavy (non-hydrogen) atoms. The Morgan fingerprint density at radius 2 is 2.06 bits per heavy atom. The highest BCUT2D eigenvalue weighted by atomic mass is 79.9. The van der Waals surface area contributed by atoms with E-state index >= 15 is 0 Å². The highest BCUT2D eigenvalue weighted by Gasteiger charge is 2.04. The van der Waals surface area contributed by atoms with Gasteiger partial charge in [-0.05, 0) is 33.6 Å². The molecule has 0 fully saturated rings. The third-order valence-corrected chi connectivity index (χ3v) is 3.48. The second-order valence-corrected chi connectivity index (χ2v) is 5.09. The van der Waals surface area contributed by atoms with Crippen molar-refractivity contribution in [2.75, 3.05) is 0 Å². The highest BCUT2D eigenvalue weighted by molar-refractivity contribution is 9.10. The molecule has 2 aromatic rings. The van der Waals surface area contributed by atoms with E-state index in [1.165, 1.54) is 17.1 Å². The maximum Gasteiger partial charge on any atom is 0.267 e. The van der Waals surface area contributed by atoms with Crippen molar-refractivity contribution in [2.24, 2.45) is 0 Å². The molecule has 0 aliphatic carbocycles. The number of halogens is 3. The molecule has 0 saturated carbocycles. The Hall–Kier alpha value is -0.840. The van der Waals surface area contributed by atoms with Gasteiger partial charge in [0.25, 0.3) is 5.56 Å². The summed E-state index contributed by atoms with van der Waals surface area (Å²) in [5.41, 5.74) is 0.757. The summed E-state index contributed by atoms with van der Waals surface area (Å²) in [4.78, 5) is 15.7. The number of hydrogen-bond acceptors (Lipinski definition) is 2. The van der Waals surface area contributed by atoms with Crippen LogP contribution in [0.5, 0.6) is 0 Å². The average molecular weight is 334 g/mol. The topological polar surface area (TPSA) is 34.9 Å². The zero-order valence-corrected chi connectivity index (χ0v) is 11.6. The number of rotatable bonds is 2. The summed E-state index contributed by atoms with van der Waals surface area (Å²) in [5.74, 6) is 0. The number of aromatic nitrogens is 2. The van der Waals surface area contributed by atoms with E-state index in [1.807, 2.05) is 6.07 Å². The molecule has 1 aromatic carbocycles. The van der Waals surface area contributed by atoms with Crippen molar-refractivity contribution in [1.29, 1.82) is 0 Å². The van der Waals surface area contributed by atoms with Gasteiger partial charge in [-0.2, -0.15) is 0 Å². The molecule has 0 N–H and O–H groups in total. The van der Waals surface area contributed by atoms with Crippen LogP contribution in [-0.2, 0) is 6.54 Å². The van der Waals surface area contributed by atoms with E-state index in [1.54, 1.807) is 12.1 Å². The van der Waals surface area contributed by atoms with E-state index < -0.39 is 0 Å². The van der Waals surface area contributed by atoms with Crippen molar-refractivity contribution in [3.05, 3.63) is 61.2 Å². The van der Waals surface area contributed by atoms with E-state index in [-0.39, 0.29) is 5.56 Å². The van der Waals surface area contributed by atoms with Crippen LogP contribution in [-0.4, -0.2) is 9.55 Å². The monoisotopic (exact) mass is 332 g/mol. The first-order valence-corrected chi connectivity index (χ1v) is 6.26. The molecule has 0 radical (unpaired) electrons. The Labute approximate surface area is 116 Å². The van der Waals surface area contributed by atoms with Crippen LogP contribution in [0.15, 0.2) is 40.0 Å². The van der Waals surface area contributed by atoms with E-state index in [0.717, 1.165) is 5.56 Å². The molecule has 1 heterocycles. The van der Waals surface area contributed by atoms with E-state index in [0.29, 0.717) is 21.1 Å². The molecule has 0 unspecified atom stereocenters. The Morgan fingerprint density at radius 1 is 1.29 bits per heavy atom. The molecule has 0 spiro atoms. The molecule has 0 aliphatic heterocycles. The maximum atomic E-state index is 11.7. The van der Waals surface area contributed by atoms with Crippen molar-refractivity contribution >= 4 is 39.1 Å². The van der Waals surface area contributed by atoms with Gasteiger partial charge in [0.1, 0.15) is 4.47 Å². The van der Waals surface area contributed by atoms with Gasteiger partial charge in [0.2, 0.25) is 0 Å². The maximum absolute atomic E-state index is 11.7. The zero-order chi connectivity index (χ0) is 12.4. The van der Waals surface area contributed by atoms with Gasteiger partial charge in [-0.15, -0.1) is 0 Å². The number of hydrogen-bond donors (Lipinski definition) is 0. The van der Waals surface area contributed by atoms with Crippen molar-refractivity contribution in [1.82, 2.24) is 9.55 Å². The Balaban J connectivity index is 2.35. The van der Waals surface area contributed by atoms with Gasteiger partial charge in [0.05, 0.1) is 22.9 Å². The Kier molecular flexibility index (Phi) is 3.86. The van der Waals surface area contributed by atoms with Crippen LogP contribution in [0, 0.1) is 0 Å². The fourth-order valence-electron chi connectivity index (χ4n) is 1.37. The van der Waals surface area contributed by atoms with E-state index in [9.17, 15) is 4.79 Å². The summed E-state index contributed by atoms with van der Waals surface area (Å²) in [6, 6.07) is 5.26. The fraction of sp³-hybridized carbons (Fsp3) is 0.0909. The van der Waals surface area contributed by atoms with Gasteiger partial charge in [-0.1, -0.05) is 29.3 Å². The first-order valence-electron chi connectivity index (χ1n) is 4.72. The predicted molar refractivity (Wildman–Crippen MR) is 71.8 cm³/mol. The lowest BCUT2D eigenvalue weighted by Gasteiger charge is -2.06. The summed E-state index contributed by atoms with van der Waals surface area (Å²) >= 11 is 14.9. The fourth-order valence-corrected chi connectivity index (χ4v) is 2.04. The SMILES string of the molecule is O=c1c(Br)cncn1Cc1ccc(Cl)c(Cl)c1.